The summed E-state index contributed by atoms with van der Waals surface area (Å²) in [7, 11) is 3.62. The molecule has 0 unspecified atom stereocenters. The molecule has 0 bridgehead atoms. The van der Waals surface area contributed by atoms with Crippen LogP contribution in [0.4, 0.5) is 5.69 Å². The molecule has 82 valence electrons. The summed E-state index contributed by atoms with van der Waals surface area (Å²) in [6.07, 6.45) is 1.71. The highest BCUT2D eigenvalue weighted by Crippen LogP contribution is 2.22. The number of hydrogen-bond acceptors (Lipinski definition) is 4. The zero-order chi connectivity index (χ0) is 11.0. The van der Waals surface area contributed by atoms with Crippen molar-refractivity contribution in [2.45, 2.75) is 6.04 Å². The molecule has 0 spiro atoms. The summed E-state index contributed by atoms with van der Waals surface area (Å²) >= 11 is 3.32. The van der Waals surface area contributed by atoms with E-state index in [1.54, 1.807) is 13.2 Å². The van der Waals surface area contributed by atoms with E-state index < -0.39 is 0 Å². The van der Waals surface area contributed by atoms with E-state index in [1.165, 1.54) is 4.68 Å². The fourth-order valence-electron chi connectivity index (χ4n) is 1.49. The molecule has 2 heterocycles. The van der Waals surface area contributed by atoms with Crippen molar-refractivity contribution in [2.24, 2.45) is 7.05 Å². The maximum absolute atomic E-state index is 11.6. The first kappa shape index (κ1) is 10.6. The van der Waals surface area contributed by atoms with Crippen LogP contribution in [-0.2, 0) is 7.05 Å². The van der Waals surface area contributed by atoms with Gasteiger partial charge in [0.05, 0.1) is 17.9 Å². The smallest absolute Gasteiger partial charge is 0.282 e. The molecule has 0 saturated carbocycles. The zero-order valence-electron chi connectivity index (χ0n) is 8.70. The molecule has 0 aromatic carbocycles. The number of nitrogens with one attached hydrogen (secondary N) is 1. The molecule has 1 aliphatic heterocycles. The average Bonchev–Trinajstić information content (AvgIpc) is 2.11. The Balaban J connectivity index is 2.35. The third-order valence-corrected chi connectivity index (χ3v) is 3.49. The molecular formula is C9H13BrN4O. The molecule has 1 N–H and O–H groups in total. The minimum Gasteiger partial charge on any atom is -0.367 e. The molecule has 5 nitrogen and oxygen atoms in total. The second-order valence-electron chi connectivity index (χ2n) is 3.70. The van der Waals surface area contributed by atoms with Gasteiger partial charge in [-0.15, -0.1) is 0 Å². The van der Waals surface area contributed by atoms with Crippen molar-refractivity contribution in [3.63, 3.8) is 0 Å². The van der Waals surface area contributed by atoms with Crippen LogP contribution in [0.1, 0.15) is 0 Å². The fourth-order valence-corrected chi connectivity index (χ4v) is 2.13. The van der Waals surface area contributed by atoms with E-state index >= 15 is 0 Å². The van der Waals surface area contributed by atoms with Gasteiger partial charge < -0.3 is 10.2 Å². The summed E-state index contributed by atoms with van der Waals surface area (Å²) in [5, 5.41) is 7.21. The molecule has 1 aromatic rings. The number of nitrogens with zero attached hydrogens (tertiary/aromatic N) is 3. The number of likely N-dealkylation sites (N-methyl/N-ethyl adjacent to an activating group) is 1. The molecule has 1 aromatic heterocycles. The van der Waals surface area contributed by atoms with Gasteiger partial charge in [0.1, 0.15) is 4.47 Å². The molecule has 2 rings (SSSR count). The molecule has 6 heteroatoms. The fraction of sp³-hybridized carbons (Fsp3) is 0.556. The number of aromatic nitrogens is 2. The van der Waals surface area contributed by atoms with Crippen LogP contribution in [0, 0.1) is 0 Å². The van der Waals surface area contributed by atoms with E-state index in [0.717, 1.165) is 18.8 Å². The molecule has 1 fully saturated rings. The van der Waals surface area contributed by atoms with Crippen molar-refractivity contribution in [1.29, 1.82) is 0 Å². The lowest BCUT2D eigenvalue weighted by Crippen LogP contribution is -2.56. The normalized spacial score (nSPS) is 16.2. The molecule has 0 aliphatic carbocycles. The van der Waals surface area contributed by atoms with E-state index in [4.69, 9.17) is 0 Å². The van der Waals surface area contributed by atoms with E-state index in [2.05, 4.69) is 31.2 Å². The minimum absolute atomic E-state index is 0.105. The van der Waals surface area contributed by atoms with Gasteiger partial charge in [0.25, 0.3) is 5.56 Å². The second kappa shape index (κ2) is 3.94. The van der Waals surface area contributed by atoms with Crippen molar-refractivity contribution >= 4 is 21.6 Å². The zero-order valence-corrected chi connectivity index (χ0v) is 10.3. The Morgan fingerprint density at radius 2 is 2.33 bits per heavy atom. The lowest BCUT2D eigenvalue weighted by atomic mass is 10.1. The predicted molar refractivity (Wildman–Crippen MR) is 62.2 cm³/mol. The van der Waals surface area contributed by atoms with Gasteiger partial charge in [0.2, 0.25) is 0 Å². The van der Waals surface area contributed by atoms with Gasteiger partial charge >= 0.3 is 0 Å². The van der Waals surface area contributed by atoms with Gasteiger partial charge in [-0.1, -0.05) is 0 Å². The molecule has 1 aliphatic rings. The quantitative estimate of drug-likeness (QED) is 0.821. The van der Waals surface area contributed by atoms with Gasteiger partial charge in [-0.2, -0.15) is 5.10 Å². The van der Waals surface area contributed by atoms with Crippen LogP contribution < -0.4 is 15.8 Å². The van der Waals surface area contributed by atoms with E-state index in [9.17, 15) is 4.79 Å². The number of halogens is 1. The third kappa shape index (κ3) is 1.79. The van der Waals surface area contributed by atoms with Crippen LogP contribution in [0.15, 0.2) is 15.5 Å². The van der Waals surface area contributed by atoms with Crippen molar-refractivity contribution in [1.82, 2.24) is 15.1 Å². The first-order valence-electron chi connectivity index (χ1n) is 4.76. The average molecular weight is 273 g/mol. The van der Waals surface area contributed by atoms with Crippen LogP contribution in [-0.4, -0.2) is 36.0 Å². The summed E-state index contributed by atoms with van der Waals surface area (Å²) in [5.41, 5.74) is 0.747. The van der Waals surface area contributed by atoms with Crippen LogP contribution in [0.25, 0.3) is 0 Å². The van der Waals surface area contributed by atoms with E-state index in [1.807, 2.05) is 7.05 Å². The first-order chi connectivity index (χ1) is 7.11. The topological polar surface area (TPSA) is 50.2 Å². The van der Waals surface area contributed by atoms with Crippen molar-refractivity contribution < 1.29 is 0 Å². The predicted octanol–water partition coefficient (Wildman–Crippen LogP) is -0.0492. The van der Waals surface area contributed by atoms with Crippen LogP contribution in [0.2, 0.25) is 0 Å². The maximum Gasteiger partial charge on any atom is 0.282 e. The summed E-state index contributed by atoms with van der Waals surface area (Å²) in [5.74, 6) is 0. The van der Waals surface area contributed by atoms with Crippen LogP contribution >= 0.6 is 15.9 Å². The van der Waals surface area contributed by atoms with Gasteiger partial charge in [-0.3, -0.25) is 4.79 Å². The molecule has 0 radical (unpaired) electrons. The lowest BCUT2D eigenvalue weighted by molar-refractivity contribution is 0.427. The lowest BCUT2D eigenvalue weighted by Gasteiger charge is -2.37. The van der Waals surface area contributed by atoms with Gasteiger partial charge in [-0.25, -0.2) is 4.68 Å². The van der Waals surface area contributed by atoms with Gasteiger partial charge in [-0.05, 0) is 15.9 Å². The van der Waals surface area contributed by atoms with Crippen molar-refractivity contribution in [3.8, 4) is 0 Å². The second-order valence-corrected chi connectivity index (χ2v) is 4.49. The largest absolute Gasteiger partial charge is 0.367 e. The SMILES string of the molecule is CN(c1cnn(C)c(=O)c1Br)C1CNC1. The first-order valence-corrected chi connectivity index (χ1v) is 5.56. The Morgan fingerprint density at radius 1 is 1.67 bits per heavy atom. The van der Waals surface area contributed by atoms with Crippen molar-refractivity contribution in [2.75, 3.05) is 25.0 Å². The standard InChI is InChI=1S/C9H13BrN4O/c1-13(6-3-11-4-6)7-5-12-14(2)9(15)8(7)10/h5-6,11H,3-4H2,1-2H3. The number of hydrogen-bond donors (Lipinski definition) is 1. The summed E-state index contributed by atoms with van der Waals surface area (Å²) in [4.78, 5) is 13.7. The van der Waals surface area contributed by atoms with Crippen LogP contribution in [0.3, 0.4) is 0 Å². The Kier molecular flexibility index (Phi) is 2.79. The van der Waals surface area contributed by atoms with Crippen molar-refractivity contribution in [3.05, 3.63) is 21.0 Å². The highest BCUT2D eigenvalue weighted by atomic mass is 79.9. The van der Waals surface area contributed by atoms with Crippen LogP contribution in [0.5, 0.6) is 0 Å². The monoisotopic (exact) mass is 272 g/mol. The van der Waals surface area contributed by atoms with Gasteiger partial charge in [0.15, 0.2) is 0 Å². The highest BCUT2D eigenvalue weighted by Gasteiger charge is 2.24. The Hall–Kier alpha value is -0.880. The Labute approximate surface area is 96.2 Å². The molecule has 15 heavy (non-hydrogen) atoms. The Morgan fingerprint density at radius 3 is 2.87 bits per heavy atom. The number of rotatable bonds is 2. The maximum atomic E-state index is 11.6. The number of anilines is 1. The molecule has 0 atom stereocenters. The summed E-state index contributed by atoms with van der Waals surface area (Å²) < 4.78 is 1.90. The highest BCUT2D eigenvalue weighted by molar-refractivity contribution is 9.10. The van der Waals surface area contributed by atoms with Gasteiger partial charge in [0, 0.05) is 27.2 Å². The molecule has 1 saturated heterocycles. The van der Waals surface area contributed by atoms with E-state index in [0.29, 0.717) is 10.5 Å². The Bertz CT molecular complexity index is 427. The molecule has 0 amide bonds. The van der Waals surface area contributed by atoms with E-state index in [-0.39, 0.29) is 5.56 Å². The summed E-state index contributed by atoms with van der Waals surface area (Å²) in [6.45, 7) is 1.91. The molecular weight excluding hydrogens is 260 g/mol. The minimum atomic E-state index is -0.105. The third-order valence-electron chi connectivity index (χ3n) is 2.75. The summed E-state index contributed by atoms with van der Waals surface area (Å²) in [6, 6.07) is 0.454. The number of aryl methyl sites for hydroxylation is 1.